The summed E-state index contributed by atoms with van der Waals surface area (Å²) in [6.07, 6.45) is 0. The summed E-state index contributed by atoms with van der Waals surface area (Å²) in [5.41, 5.74) is 3.29. The van der Waals surface area contributed by atoms with E-state index in [0.717, 1.165) is 23.5 Å². The number of sulfonamides is 1. The Morgan fingerprint density at radius 3 is 2.24 bits per heavy atom. The van der Waals surface area contributed by atoms with Crippen molar-refractivity contribution in [1.82, 2.24) is 10.9 Å². The first-order valence-electron chi connectivity index (χ1n) is 7.99. The van der Waals surface area contributed by atoms with Crippen molar-refractivity contribution in [3.63, 3.8) is 0 Å². The number of hydrazine groups is 1. The molecule has 7 nitrogen and oxygen atoms in total. The van der Waals surface area contributed by atoms with Crippen molar-refractivity contribution in [3.05, 3.63) is 82.7 Å². The molecular weight excluding hydrogens is 424 g/mol. The van der Waals surface area contributed by atoms with E-state index < -0.39 is 39.0 Å². The van der Waals surface area contributed by atoms with E-state index in [0.29, 0.717) is 6.07 Å². The van der Waals surface area contributed by atoms with Crippen LogP contribution in [-0.2, 0) is 10.0 Å². The molecule has 2 aromatic carbocycles. The molecule has 3 N–H and O–H groups in total. The van der Waals surface area contributed by atoms with Gasteiger partial charge in [0.15, 0.2) is 0 Å². The van der Waals surface area contributed by atoms with E-state index in [-0.39, 0.29) is 15.5 Å². The highest BCUT2D eigenvalue weighted by molar-refractivity contribution is 7.94. The van der Waals surface area contributed by atoms with Crippen LogP contribution in [0.2, 0.25) is 0 Å². The van der Waals surface area contributed by atoms with Crippen molar-refractivity contribution in [2.45, 2.75) is 4.21 Å². The number of para-hydroxylation sites is 1. The largest absolute Gasteiger partial charge is 0.278 e. The number of thiophene rings is 1. The van der Waals surface area contributed by atoms with Crippen molar-refractivity contribution < 1.29 is 26.8 Å². The number of halogens is 2. The SMILES string of the molecule is O=C(NNC(=O)c1ccccc1NS(=O)(=O)c1cccs1)c1cc(F)ccc1F. The summed E-state index contributed by atoms with van der Waals surface area (Å²) < 4.78 is 54.0. The lowest BCUT2D eigenvalue weighted by molar-refractivity contribution is 0.0844. The first-order chi connectivity index (χ1) is 13.8. The number of nitrogens with one attached hydrogen (secondary N) is 3. The fourth-order valence-electron chi connectivity index (χ4n) is 2.30. The number of anilines is 1. The Morgan fingerprint density at radius 2 is 1.55 bits per heavy atom. The van der Waals surface area contributed by atoms with Gasteiger partial charge in [0.05, 0.1) is 16.8 Å². The van der Waals surface area contributed by atoms with Crippen LogP contribution in [0.3, 0.4) is 0 Å². The minimum atomic E-state index is -3.90. The van der Waals surface area contributed by atoms with Gasteiger partial charge in [-0.25, -0.2) is 17.2 Å². The molecule has 150 valence electrons. The summed E-state index contributed by atoms with van der Waals surface area (Å²) >= 11 is 1.00. The van der Waals surface area contributed by atoms with Crippen LogP contribution in [0, 0.1) is 11.6 Å². The number of amides is 2. The molecule has 0 saturated carbocycles. The van der Waals surface area contributed by atoms with Crippen molar-refractivity contribution in [3.8, 4) is 0 Å². The van der Waals surface area contributed by atoms with Crippen molar-refractivity contribution in [2.24, 2.45) is 0 Å². The van der Waals surface area contributed by atoms with E-state index >= 15 is 0 Å². The van der Waals surface area contributed by atoms with Crippen LogP contribution in [0.1, 0.15) is 20.7 Å². The van der Waals surface area contributed by atoms with Crippen LogP contribution in [-0.4, -0.2) is 20.2 Å². The number of carbonyl (C=O) groups is 2. The lowest BCUT2D eigenvalue weighted by atomic mass is 10.2. The van der Waals surface area contributed by atoms with Gasteiger partial charge in [-0.15, -0.1) is 11.3 Å². The molecule has 3 rings (SSSR count). The fraction of sp³-hybridized carbons (Fsp3) is 0. The van der Waals surface area contributed by atoms with Gasteiger partial charge in [0.25, 0.3) is 21.8 Å². The molecular formula is C18H13F2N3O4S2. The van der Waals surface area contributed by atoms with Gasteiger partial charge in [-0.05, 0) is 41.8 Å². The zero-order valence-corrected chi connectivity index (χ0v) is 16.1. The first-order valence-corrected chi connectivity index (χ1v) is 10.4. The van der Waals surface area contributed by atoms with Crippen LogP contribution >= 0.6 is 11.3 Å². The standard InChI is InChI=1S/C18H13F2N3O4S2/c19-11-7-8-14(20)13(10-11)18(25)22-21-17(24)12-4-1-2-5-15(12)23-29(26,27)16-6-3-9-28-16/h1-10,23H,(H,21,24)(H,22,25). The van der Waals surface area contributed by atoms with Crippen LogP contribution < -0.4 is 15.6 Å². The number of rotatable bonds is 5. The summed E-state index contributed by atoms with van der Waals surface area (Å²) in [7, 11) is -3.90. The zero-order valence-electron chi connectivity index (χ0n) is 14.5. The molecule has 0 aliphatic carbocycles. The number of hydrogen-bond acceptors (Lipinski definition) is 5. The zero-order chi connectivity index (χ0) is 21.0. The second-order valence-electron chi connectivity index (χ2n) is 5.62. The molecule has 0 bridgehead atoms. The van der Waals surface area contributed by atoms with Gasteiger partial charge in [0.1, 0.15) is 15.8 Å². The minimum Gasteiger partial charge on any atom is -0.278 e. The highest BCUT2D eigenvalue weighted by atomic mass is 32.2. The minimum absolute atomic E-state index is 0.0235. The average Bonchev–Trinajstić information content (AvgIpc) is 3.24. The van der Waals surface area contributed by atoms with E-state index in [4.69, 9.17) is 0 Å². The van der Waals surface area contributed by atoms with E-state index in [1.54, 1.807) is 11.4 Å². The van der Waals surface area contributed by atoms with Gasteiger partial charge >= 0.3 is 0 Å². The molecule has 1 heterocycles. The van der Waals surface area contributed by atoms with Gasteiger partial charge < -0.3 is 0 Å². The summed E-state index contributed by atoms with van der Waals surface area (Å²) in [5.74, 6) is -3.73. The monoisotopic (exact) mass is 437 g/mol. The highest BCUT2D eigenvalue weighted by Crippen LogP contribution is 2.22. The van der Waals surface area contributed by atoms with Crippen molar-refractivity contribution in [2.75, 3.05) is 4.72 Å². The number of carbonyl (C=O) groups excluding carboxylic acids is 2. The molecule has 0 saturated heterocycles. The third-order valence-electron chi connectivity index (χ3n) is 3.64. The Bertz CT molecular complexity index is 1170. The smallest absolute Gasteiger partial charge is 0.272 e. The molecule has 29 heavy (non-hydrogen) atoms. The number of benzene rings is 2. The molecule has 0 unspecified atom stereocenters. The quantitative estimate of drug-likeness (QED) is 0.534. The van der Waals surface area contributed by atoms with E-state index in [1.807, 2.05) is 10.9 Å². The maximum atomic E-state index is 13.6. The molecule has 0 aliphatic heterocycles. The van der Waals surface area contributed by atoms with Crippen LogP contribution in [0.5, 0.6) is 0 Å². The topological polar surface area (TPSA) is 104 Å². The summed E-state index contributed by atoms with van der Waals surface area (Å²) in [6.45, 7) is 0. The van der Waals surface area contributed by atoms with E-state index in [2.05, 4.69) is 4.72 Å². The second-order valence-corrected chi connectivity index (χ2v) is 8.47. The normalized spacial score (nSPS) is 11.0. The van der Waals surface area contributed by atoms with E-state index in [9.17, 15) is 26.8 Å². The molecule has 3 aromatic rings. The molecule has 0 aliphatic rings. The summed E-state index contributed by atoms with van der Waals surface area (Å²) in [6, 6.07) is 11.0. The Hall–Kier alpha value is -3.31. The molecule has 0 atom stereocenters. The Labute approximate surface area is 168 Å². The average molecular weight is 437 g/mol. The van der Waals surface area contributed by atoms with Gasteiger partial charge in [-0.1, -0.05) is 18.2 Å². The Kier molecular flexibility index (Phi) is 5.89. The van der Waals surface area contributed by atoms with Crippen LogP contribution in [0.15, 0.2) is 64.2 Å². The third kappa shape index (κ3) is 4.76. The highest BCUT2D eigenvalue weighted by Gasteiger charge is 2.20. The maximum absolute atomic E-state index is 13.6. The molecule has 11 heteroatoms. The summed E-state index contributed by atoms with van der Waals surface area (Å²) in [4.78, 5) is 24.4. The fourth-order valence-corrected chi connectivity index (χ4v) is 4.37. The van der Waals surface area contributed by atoms with Gasteiger partial charge in [0.2, 0.25) is 0 Å². The predicted octanol–water partition coefficient (Wildman–Crippen LogP) is 2.90. The molecule has 2 amide bonds. The molecule has 1 aromatic heterocycles. The van der Waals surface area contributed by atoms with Crippen molar-refractivity contribution >= 4 is 38.9 Å². The van der Waals surface area contributed by atoms with E-state index in [1.165, 1.54) is 30.3 Å². The predicted molar refractivity (Wildman–Crippen MR) is 103 cm³/mol. The van der Waals surface area contributed by atoms with Gasteiger partial charge in [-0.2, -0.15) is 0 Å². The summed E-state index contributed by atoms with van der Waals surface area (Å²) in [5, 5.41) is 1.59. The molecule has 0 radical (unpaired) electrons. The van der Waals surface area contributed by atoms with Gasteiger partial charge in [0, 0.05) is 0 Å². The van der Waals surface area contributed by atoms with Crippen molar-refractivity contribution in [1.29, 1.82) is 0 Å². The number of hydrogen-bond donors (Lipinski definition) is 3. The lowest BCUT2D eigenvalue weighted by Gasteiger charge is -2.13. The Balaban J connectivity index is 1.75. The maximum Gasteiger partial charge on any atom is 0.272 e. The second kappa shape index (κ2) is 8.37. The third-order valence-corrected chi connectivity index (χ3v) is 6.40. The Morgan fingerprint density at radius 1 is 0.862 bits per heavy atom. The molecule has 0 spiro atoms. The van der Waals surface area contributed by atoms with Crippen LogP contribution in [0.4, 0.5) is 14.5 Å². The molecule has 0 fully saturated rings. The van der Waals surface area contributed by atoms with Gasteiger partial charge in [-0.3, -0.25) is 25.2 Å². The first kappa shape index (κ1) is 20.4. The van der Waals surface area contributed by atoms with Crippen LogP contribution in [0.25, 0.3) is 0 Å². The lowest BCUT2D eigenvalue weighted by Crippen LogP contribution is -2.42.